The third-order valence-electron chi connectivity index (χ3n) is 4.71. The van der Waals surface area contributed by atoms with Crippen molar-refractivity contribution in [1.82, 2.24) is 19.5 Å². The van der Waals surface area contributed by atoms with Gasteiger partial charge in [-0.3, -0.25) is 4.57 Å². The standard InChI is InChI=1S/C15H22N6O6S/c1-14(2,27-28(17,22)23)10-8-9(26-15(3,4)25-8)13(24-10)21-6-20-7-11(16)18-5-19-12(7)21/h5-6,8-10,13H,1-4H3,(H2,16,18,19)(H2,17,22,23)/t8-,9+,10-,13+/m0/s1. The van der Waals surface area contributed by atoms with Crippen molar-refractivity contribution in [2.75, 3.05) is 5.73 Å². The molecule has 2 aliphatic rings. The lowest BCUT2D eigenvalue weighted by Gasteiger charge is -2.33. The molecule has 0 aliphatic carbocycles. The van der Waals surface area contributed by atoms with E-state index in [0.29, 0.717) is 11.2 Å². The van der Waals surface area contributed by atoms with Crippen LogP contribution in [0, 0.1) is 0 Å². The van der Waals surface area contributed by atoms with Gasteiger partial charge in [-0.1, -0.05) is 0 Å². The average Bonchev–Trinajstić information content (AvgIpc) is 3.16. The zero-order valence-corrected chi connectivity index (χ0v) is 16.6. The molecule has 4 atom stereocenters. The lowest BCUT2D eigenvalue weighted by Crippen LogP contribution is -2.49. The molecule has 154 valence electrons. The van der Waals surface area contributed by atoms with Gasteiger partial charge in [-0.2, -0.15) is 8.42 Å². The molecule has 0 unspecified atom stereocenters. The largest absolute Gasteiger partial charge is 0.382 e. The van der Waals surface area contributed by atoms with Crippen molar-refractivity contribution in [3.05, 3.63) is 12.7 Å². The maximum atomic E-state index is 11.5. The van der Waals surface area contributed by atoms with Crippen molar-refractivity contribution in [3.8, 4) is 0 Å². The summed E-state index contributed by atoms with van der Waals surface area (Å²) in [4.78, 5) is 12.4. The number of hydrogen-bond acceptors (Lipinski definition) is 10. The molecule has 0 amide bonds. The second-order valence-electron chi connectivity index (χ2n) is 7.77. The van der Waals surface area contributed by atoms with E-state index in [1.54, 1.807) is 32.3 Å². The van der Waals surface area contributed by atoms with Gasteiger partial charge in [0.15, 0.2) is 23.5 Å². The second kappa shape index (κ2) is 6.05. The number of imidazole rings is 1. The number of rotatable bonds is 4. The molecule has 2 aromatic rings. The SMILES string of the molecule is CC1(C)O[C@@H]2[C@H](O1)[C@@H](C(C)(C)OS(N)(=O)=O)O[C@H]2n1cnc2c(N)ncnc21. The Balaban J connectivity index is 1.76. The number of anilines is 1. The molecular formula is C15H22N6O6S. The van der Waals surface area contributed by atoms with E-state index in [2.05, 4.69) is 15.0 Å². The normalized spacial score (nSPS) is 30.0. The molecule has 12 nitrogen and oxygen atoms in total. The summed E-state index contributed by atoms with van der Waals surface area (Å²) < 4.78 is 48.0. The Morgan fingerprint density at radius 3 is 2.57 bits per heavy atom. The second-order valence-corrected chi connectivity index (χ2v) is 8.93. The molecule has 4 rings (SSSR count). The Bertz CT molecular complexity index is 1020. The van der Waals surface area contributed by atoms with Crippen molar-refractivity contribution in [2.45, 2.75) is 63.6 Å². The van der Waals surface area contributed by atoms with Crippen molar-refractivity contribution in [3.63, 3.8) is 0 Å². The van der Waals surface area contributed by atoms with Gasteiger partial charge in [-0.15, -0.1) is 0 Å². The van der Waals surface area contributed by atoms with Crippen LogP contribution in [0.1, 0.15) is 33.9 Å². The first kappa shape index (κ1) is 19.4. The van der Waals surface area contributed by atoms with E-state index in [0.717, 1.165) is 0 Å². The van der Waals surface area contributed by atoms with E-state index < -0.39 is 46.2 Å². The number of ether oxygens (including phenoxy) is 3. The van der Waals surface area contributed by atoms with Gasteiger partial charge >= 0.3 is 10.3 Å². The van der Waals surface area contributed by atoms with Crippen LogP contribution >= 0.6 is 0 Å². The van der Waals surface area contributed by atoms with Gasteiger partial charge in [0, 0.05) is 0 Å². The van der Waals surface area contributed by atoms with Gasteiger partial charge in [0.2, 0.25) is 0 Å². The summed E-state index contributed by atoms with van der Waals surface area (Å²) in [6.07, 6.45) is 0.134. The number of nitrogen functional groups attached to an aromatic ring is 1. The van der Waals surface area contributed by atoms with Crippen LogP contribution in [-0.2, 0) is 28.7 Å². The third-order valence-corrected chi connectivity index (χ3v) is 5.37. The molecule has 4 heterocycles. The highest BCUT2D eigenvalue weighted by molar-refractivity contribution is 7.84. The van der Waals surface area contributed by atoms with Crippen molar-refractivity contribution < 1.29 is 26.8 Å². The number of aromatic nitrogens is 4. The van der Waals surface area contributed by atoms with Crippen molar-refractivity contribution in [2.24, 2.45) is 5.14 Å². The number of nitrogens with two attached hydrogens (primary N) is 2. The number of hydrogen-bond donors (Lipinski definition) is 2. The number of nitrogens with zero attached hydrogens (tertiary/aromatic N) is 4. The van der Waals surface area contributed by atoms with Crippen LogP contribution in [0.25, 0.3) is 11.2 Å². The van der Waals surface area contributed by atoms with E-state index in [9.17, 15) is 8.42 Å². The molecule has 0 spiro atoms. The van der Waals surface area contributed by atoms with E-state index in [1.807, 2.05) is 0 Å². The molecule has 0 aromatic carbocycles. The van der Waals surface area contributed by atoms with Crippen LogP contribution in [0.4, 0.5) is 5.82 Å². The highest BCUT2D eigenvalue weighted by Crippen LogP contribution is 2.47. The van der Waals surface area contributed by atoms with Crippen LogP contribution in [0.3, 0.4) is 0 Å². The van der Waals surface area contributed by atoms with Crippen LogP contribution in [0.2, 0.25) is 0 Å². The minimum atomic E-state index is -4.22. The highest BCUT2D eigenvalue weighted by Gasteiger charge is 2.60. The molecule has 28 heavy (non-hydrogen) atoms. The molecular weight excluding hydrogens is 392 g/mol. The first-order valence-corrected chi connectivity index (χ1v) is 10.0. The Morgan fingerprint density at radius 2 is 1.89 bits per heavy atom. The van der Waals surface area contributed by atoms with Crippen LogP contribution < -0.4 is 10.9 Å². The number of fused-ring (bicyclic) bond motifs is 2. The summed E-state index contributed by atoms with van der Waals surface area (Å²) in [5, 5.41) is 5.08. The molecule has 2 aliphatic heterocycles. The fraction of sp³-hybridized carbons (Fsp3) is 0.667. The van der Waals surface area contributed by atoms with Gasteiger partial charge in [0.05, 0.1) is 6.33 Å². The first-order chi connectivity index (χ1) is 12.9. The van der Waals surface area contributed by atoms with Gasteiger partial charge in [0.1, 0.15) is 35.8 Å². The summed E-state index contributed by atoms with van der Waals surface area (Å²) in [6.45, 7) is 6.64. The van der Waals surface area contributed by atoms with E-state index in [-0.39, 0.29) is 5.82 Å². The van der Waals surface area contributed by atoms with E-state index in [4.69, 9.17) is 29.3 Å². The summed E-state index contributed by atoms with van der Waals surface area (Å²) >= 11 is 0. The van der Waals surface area contributed by atoms with E-state index >= 15 is 0 Å². The van der Waals surface area contributed by atoms with Crippen LogP contribution in [0.15, 0.2) is 12.7 Å². The Kier molecular flexibility index (Phi) is 4.19. The lowest BCUT2D eigenvalue weighted by atomic mass is 9.96. The predicted octanol–water partition coefficient (Wildman–Crippen LogP) is -0.175. The van der Waals surface area contributed by atoms with Gasteiger partial charge in [-0.25, -0.2) is 24.3 Å². The quantitative estimate of drug-likeness (QED) is 0.685. The van der Waals surface area contributed by atoms with Crippen molar-refractivity contribution in [1.29, 1.82) is 0 Å². The maximum Gasteiger partial charge on any atom is 0.333 e. The molecule has 2 fully saturated rings. The van der Waals surface area contributed by atoms with Gasteiger partial charge in [-0.05, 0) is 27.7 Å². The summed E-state index contributed by atoms with van der Waals surface area (Å²) in [6, 6.07) is 0. The fourth-order valence-corrected chi connectivity index (χ4v) is 4.46. The molecule has 0 saturated carbocycles. The lowest BCUT2D eigenvalue weighted by molar-refractivity contribution is -0.213. The molecule has 4 N–H and O–H groups in total. The average molecular weight is 414 g/mol. The zero-order valence-electron chi connectivity index (χ0n) is 15.8. The molecule has 0 radical (unpaired) electrons. The molecule has 13 heteroatoms. The minimum Gasteiger partial charge on any atom is -0.382 e. The fourth-order valence-electron chi connectivity index (χ4n) is 3.76. The van der Waals surface area contributed by atoms with Gasteiger partial charge in [0.25, 0.3) is 0 Å². The maximum absolute atomic E-state index is 11.5. The zero-order chi connectivity index (χ0) is 20.5. The first-order valence-electron chi connectivity index (χ1n) is 8.55. The van der Waals surface area contributed by atoms with Crippen molar-refractivity contribution >= 4 is 27.3 Å². The smallest absolute Gasteiger partial charge is 0.333 e. The third kappa shape index (κ3) is 3.23. The van der Waals surface area contributed by atoms with E-state index in [1.165, 1.54) is 12.7 Å². The Morgan fingerprint density at radius 1 is 1.21 bits per heavy atom. The van der Waals surface area contributed by atoms with Crippen LogP contribution in [-0.4, -0.2) is 57.6 Å². The Hall–Kier alpha value is -1.90. The Labute approximate surface area is 161 Å². The molecule has 2 aromatic heterocycles. The van der Waals surface area contributed by atoms with Gasteiger partial charge < -0.3 is 19.9 Å². The molecule has 2 saturated heterocycles. The molecule has 0 bridgehead atoms. The minimum absolute atomic E-state index is 0.233. The summed E-state index contributed by atoms with van der Waals surface area (Å²) in [5.74, 6) is -0.672. The predicted molar refractivity (Wildman–Crippen MR) is 95.7 cm³/mol. The topological polar surface area (TPSA) is 167 Å². The van der Waals surface area contributed by atoms with Crippen LogP contribution in [0.5, 0.6) is 0 Å². The summed E-state index contributed by atoms with van der Waals surface area (Å²) in [7, 11) is -4.22. The monoisotopic (exact) mass is 414 g/mol. The summed E-state index contributed by atoms with van der Waals surface area (Å²) in [5.41, 5.74) is 5.41. The highest BCUT2D eigenvalue weighted by atomic mass is 32.2.